The highest BCUT2D eigenvalue weighted by atomic mass is 32.2. The Morgan fingerprint density at radius 1 is 1.46 bits per heavy atom. The SMILES string of the molecule is CC(C)(C)OC1(C=O)CCCSC1. The Balaban J connectivity index is 2.63. The molecule has 1 heterocycles. The maximum Gasteiger partial charge on any atom is 0.152 e. The summed E-state index contributed by atoms with van der Waals surface area (Å²) in [6.45, 7) is 5.99. The van der Waals surface area contributed by atoms with Gasteiger partial charge in [0, 0.05) is 5.75 Å². The minimum atomic E-state index is -0.513. The van der Waals surface area contributed by atoms with E-state index < -0.39 is 5.60 Å². The predicted octanol–water partition coefficient (Wildman–Crippen LogP) is 2.27. The van der Waals surface area contributed by atoms with E-state index in [9.17, 15) is 4.79 Å². The Morgan fingerprint density at radius 3 is 2.54 bits per heavy atom. The third-order valence-corrected chi connectivity index (χ3v) is 3.23. The number of carbonyl (C=O) groups is 1. The van der Waals surface area contributed by atoms with Gasteiger partial charge in [-0.05, 0) is 39.4 Å². The minimum Gasteiger partial charge on any atom is -0.361 e. The monoisotopic (exact) mass is 202 g/mol. The highest BCUT2D eigenvalue weighted by Gasteiger charge is 2.36. The summed E-state index contributed by atoms with van der Waals surface area (Å²) < 4.78 is 5.83. The smallest absolute Gasteiger partial charge is 0.152 e. The van der Waals surface area contributed by atoms with Crippen LogP contribution < -0.4 is 0 Å². The Morgan fingerprint density at radius 2 is 2.15 bits per heavy atom. The van der Waals surface area contributed by atoms with Crippen molar-refractivity contribution in [2.24, 2.45) is 0 Å². The van der Waals surface area contributed by atoms with Crippen LogP contribution in [0, 0.1) is 0 Å². The molecule has 2 nitrogen and oxygen atoms in total. The minimum absolute atomic E-state index is 0.223. The van der Waals surface area contributed by atoms with Gasteiger partial charge in [-0.3, -0.25) is 0 Å². The van der Waals surface area contributed by atoms with E-state index in [0.29, 0.717) is 0 Å². The summed E-state index contributed by atoms with van der Waals surface area (Å²) in [5, 5.41) is 0. The zero-order chi connectivity index (χ0) is 9.95. The maximum atomic E-state index is 11.0. The molecule has 1 saturated heterocycles. The third kappa shape index (κ3) is 3.31. The van der Waals surface area contributed by atoms with Gasteiger partial charge in [-0.2, -0.15) is 11.8 Å². The summed E-state index contributed by atoms with van der Waals surface area (Å²) in [5.41, 5.74) is -0.736. The average molecular weight is 202 g/mol. The molecule has 0 amide bonds. The van der Waals surface area contributed by atoms with Crippen molar-refractivity contribution in [3.8, 4) is 0 Å². The quantitative estimate of drug-likeness (QED) is 0.643. The van der Waals surface area contributed by atoms with Crippen LogP contribution in [0.2, 0.25) is 0 Å². The van der Waals surface area contributed by atoms with Gasteiger partial charge in [0.05, 0.1) is 5.60 Å². The molecule has 0 bridgehead atoms. The van der Waals surface area contributed by atoms with Gasteiger partial charge >= 0.3 is 0 Å². The molecule has 0 aromatic heterocycles. The Hall–Kier alpha value is -0.0200. The maximum absolute atomic E-state index is 11.0. The van der Waals surface area contributed by atoms with E-state index in [2.05, 4.69) is 0 Å². The van der Waals surface area contributed by atoms with Gasteiger partial charge in [0.2, 0.25) is 0 Å². The molecule has 0 radical (unpaired) electrons. The predicted molar refractivity (Wildman–Crippen MR) is 56.2 cm³/mol. The highest BCUT2D eigenvalue weighted by Crippen LogP contribution is 2.31. The number of aldehydes is 1. The molecule has 0 aromatic carbocycles. The normalized spacial score (nSPS) is 30.1. The largest absolute Gasteiger partial charge is 0.361 e. The molecular formula is C10H18O2S. The van der Waals surface area contributed by atoms with Crippen LogP contribution in [-0.4, -0.2) is 29.0 Å². The van der Waals surface area contributed by atoms with E-state index in [1.54, 1.807) is 0 Å². The lowest BCUT2D eigenvalue weighted by Gasteiger charge is -2.37. The molecule has 1 rings (SSSR count). The van der Waals surface area contributed by atoms with Gasteiger partial charge in [-0.25, -0.2) is 0 Å². The van der Waals surface area contributed by atoms with Crippen LogP contribution in [0.25, 0.3) is 0 Å². The van der Waals surface area contributed by atoms with E-state index in [1.807, 2.05) is 32.5 Å². The Bertz CT molecular complexity index is 178. The lowest BCUT2D eigenvalue weighted by atomic mass is 10.00. The first-order valence-corrected chi connectivity index (χ1v) is 5.87. The van der Waals surface area contributed by atoms with Crippen molar-refractivity contribution in [3.05, 3.63) is 0 Å². The lowest BCUT2D eigenvalue weighted by molar-refractivity contribution is -0.149. The molecule has 76 valence electrons. The van der Waals surface area contributed by atoms with Gasteiger partial charge in [-0.1, -0.05) is 0 Å². The molecule has 1 aliphatic rings. The molecule has 0 aliphatic carbocycles. The van der Waals surface area contributed by atoms with Crippen molar-refractivity contribution in [3.63, 3.8) is 0 Å². The summed E-state index contributed by atoms with van der Waals surface area (Å²) in [4.78, 5) is 11.0. The van der Waals surface area contributed by atoms with Gasteiger partial charge in [0.15, 0.2) is 6.29 Å². The van der Waals surface area contributed by atoms with E-state index in [4.69, 9.17) is 4.74 Å². The molecule has 3 heteroatoms. The number of rotatable bonds is 2. The molecule has 13 heavy (non-hydrogen) atoms. The Kier molecular flexibility index (Phi) is 3.41. The van der Waals surface area contributed by atoms with E-state index in [0.717, 1.165) is 30.6 Å². The van der Waals surface area contributed by atoms with E-state index >= 15 is 0 Å². The number of ether oxygens (including phenoxy) is 1. The fourth-order valence-corrected chi connectivity index (χ4v) is 2.71. The molecule has 1 atom stereocenters. The number of hydrogen-bond acceptors (Lipinski definition) is 3. The third-order valence-electron chi connectivity index (χ3n) is 1.96. The fourth-order valence-electron chi connectivity index (χ4n) is 1.60. The summed E-state index contributed by atoms with van der Waals surface area (Å²) in [6.07, 6.45) is 2.95. The van der Waals surface area contributed by atoms with Crippen LogP contribution in [0.4, 0.5) is 0 Å². The topological polar surface area (TPSA) is 26.3 Å². The van der Waals surface area contributed by atoms with Gasteiger partial charge < -0.3 is 9.53 Å². The van der Waals surface area contributed by atoms with Crippen LogP contribution in [0.5, 0.6) is 0 Å². The van der Waals surface area contributed by atoms with Crippen LogP contribution in [0.3, 0.4) is 0 Å². The van der Waals surface area contributed by atoms with Crippen molar-refractivity contribution in [2.75, 3.05) is 11.5 Å². The van der Waals surface area contributed by atoms with Gasteiger partial charge in [0.25, 0.3) is 0 Å². The molecule has 1 fully saturated rings. The lowest BCUT2D eigenvalue weighted by Crippen LogP contribution is -2.45. The van der Waals surface area contributed by atoms with Crippen molar-refractivity contribution in [1.82, 2.24) is 0 Å². The first kappa shape index (κ1) is 11.1. The molecule has 0 N–H and O–H groups in total. The van der Waals surface area contributed by atoms with Crippen molar-refractivity contribution in [2.45, 2.75) is 44.8 Å². The van der Waals surface area contributed by atoms with Crippen molar-refractivity contribution in [1.29, 1.82) is 0 Å². The molecule has 0 spiro atoms. The van der Waals surface area contributed by atoms with Gasteiger partial charge in [0.1, 0.15) is 5.60 Å². The fraction of sp³-hybridized carbons (Fsp3) is 0.900. The number of thioether (sulfide) groups is 1. The zero-order valence-electron chi connectivity index (χ0n) is 8.63. The molecule has 1 unspecified atom stereocenters. The van der Waals surface area contributed by atoms with E-state index in [-0.39, 0.29) is 5.60 Å². The first-order valence-electron chi connectivity index (χ1n) is 4.72. The molecular weight excluding hydrogens is 184 g/mol. The first-order chi connectivity index (χ1) is 5.97. The van der Waals surface area contributed by atoms with E-state index in [1.165, 1.54) is 0 Å². The zero-order valence-corrected chi connectivity index (χ0v) is 9.45. The van der Waals surface area contributed by atoms with Crippen LogP contribution in [0.15, 0.2) is 0 Å². The average Bonchev–Trinajstić information content (AvgIpc) is 2.03. The van der Waals surface area contributed by atoms with Crippen LogP contribution in [0.1, 0.15) is 33.6 Å². The second-order valence-electron chi connectivity index (χ2n) is 4.55. The summed E-state index contributed by atoms with van der Waals surface area (Å²) in [7, 11) is 0. The summed E-state index contributed by atoms with van der Waals surface area (Å²) in [6, 6.07) is 0. The second kappa shape index (κ2) is 4.01. The van der Waals surface area contributed by atoms with Crippen LogP contribution in [-0.2, 0) is 9.53 Å². The van der Waals surface area contributed by atoms with Crippen LogP contribution >= 0.6 is 11.8 Å². The number of hydrogen-bond donors (Lipinski definition) is 0. The molecule has 0 saturated carbocycles. The molecule has 1 aliphatic heterocycles. The standard InChI is InChI=1S/C10H18O2S/c1-9(2,3)12-10(7-11)5-4-6-13-8-10/h7H,4-6,8H2,1-3H3. The van der Waals surface area contributed by atoms with Crippen molar-refractivity contribution >= 4 is 18.0 Å². The highest BCUT2D eigenvalue weighted by molar-refractivity contribution is 7.99. The van der Waals surface area contributed by atoms with Crippen molar-refractivity contribution < 1.29 is 9.53 Å². The molecule has 0 aromatic rings. The number of carbonyl (C=O) groups excluding carboxylic acids is 1. The summed E-state index contributed by atoms with van der Waals surface area (Å²) in [5.74, 6) is 1.97. The van der Waals surface area contributed by atoms with Gasteiger partial charge in [-0.15, -0.1) is 0 Å². The Labute approximate surface area is 84.4 Å². The summed E-state index contributed by atoms with van der Waals surface area (Å²) >= 11 is 1.81. The second-order valence-corrected chi connectivity index (χ2v) is 5.66.